The Morgan fingerprint density at radius 1 is 1.22 bits per heavy atom. The Morgan fingerprint density at radius 2 is 1.96 bits per heavy atom. The molecule has 1 aromatic carbocycles. The minimum absolute atomic E-state index is 0.00568. The van der Waals surface area contributed by atoms with Crippen molar-refractivity contribution < 1.29 is 39.1 Å². The molecule has 27 heavy (non-hydrogen) atoms. The van der Waals surface area contributed by atoms with Crippen LogP contribution in [0.1, 0.15) is 41.8 Å². The molecular weight excluding hydrogens is 356 g/mol. The highest BCUT2D eigenvalue weighted by Gasteiger charge is 2.46. The quantitative estimate of drug-likeness (QED) is 0.489. The standard InChI is InChI=1S/C19H22O8/c1-9-4-3-5-12(20)17(23)14(22)8-15-18(27-15)11-6-10(25-2)7-13(21)16(11)19(24)26-9/h3,5-7,9,14-15,17-18,21-23H,4,8H2,1-2H3/b5-3+/t9-,14-,15+,17+,18-/m0/s1. The molecule has 0 aromatic heterocycles. The third-order valence-electron chi connectivity index (χ3n) is 4.64. The predicted molar refractivity (Wildman–Crippen MR) is 92.5 cm³/mol. The summed E-state index contributed by atoms with van der Waals surface area (Å²) in [6.07, 6.45) is -1.72. The van der Waals surface area contributed by atoms with Gasteiger partial charge in [0, 0.05) is 24.5 Å². The number of phenols is 1. The second kappa shape index (κ2) is 7.67. The van der Waals surface area contributed by atoms with Gasteiger partial charge >= 0.3 is 5.97 Å². The number of benzene rings is 1. The zero-order chi connectivity index (χ0) is 19.7. The molecule has 2 aliphatic rings. The number of hydrogen-bond donors (Lipinski definition) is 3. The van der Waals surface area contributed by atoms with E-state index in [1.54, 1.807) is 13.0 Å². The lowest BCUT2D eigenvalue weighted by Crippen LogP contribution is -2.34. The number of ether oxygens (including phenoxy) is 3. The van der Waals surface area contributed by atoms with E-state index in [0.717, 1.165) is 6.08 Å². The molecule has 2 heterocycles. The van der Waals surface area contributed by atoms with Crippen molar-refractivity contribution in [1.82, 2.24) is 0 Å². The molecule has 5 atom stereocenters. The first-order chi connectivity index (χ1) is 12.8. The maximum Gasteiger partial charge on any atom is 0.342 e. The number of epoxide rings is 1. The molecule has 0 spiro atoms. The van der Waals surface area contributed by atoms with E-state index in [1.165, 1.54) is 19.3 Å². The summed E-state index contributed by atoms with van der Waals surface area (Å²) >= 11 is 0. The fourth-order valence-corrected chi connectivity index (χ4v) is 3.10. The molecule has 0 radical (unpaired) electrons. The fraction of sp³-hybridized carbons (Fsp3) is 0.474. The zero-order valence-corrected chi connectivity index (χ0v) is 15.0. The van der Waals surface area contributed by atoms with Gasteiger partial charge in [-0.05, 0) is 19.1 Å². The number of esters is 1. The van der Waals surface area contributed by atoms with E-state index in [4.69, 9.17) is 14.2 Å². The van der Waals surface area contributed by atoms with Gasteiger partial charge in [0.05, 0.1) is 19.3 Å². The highest BCUT2D eigenvalue weighted by Crippen LogP contribution is 2.46. The van der Waals surface area contributed by atoms with E-state index in [0.29, 0.717) is 11.3 Å². The monoisotopic (exact) mass is 378 g/mol. The molecule has 8 heteroatoms. The van der Waals surface area contributed by atoms with Gasteiger partial charge in [-0.25, -0.2) is 4.79 Å². The van der Waals surface area contributed by atoms with Crippen LogP contribution in [-0.2, 0) is 14.3 Å². The lowest BCUT2D eigenvalue weighted by molar-refractivity contribution is -0.128. The highest BCUT2D eigenvalue weighted by atomic mass is 16.6. The molecule has 3 N–H and O–H groups in total. The summed E-state index contributed by atoms with van der Waals surface area (Å²) in [6.45, 7) is 1.64. The van der Waals surface area contributed by atoms with E-state index in [9.17, 15) is 24.9 Å². The molecule has 0 amide bonds. The average Bonchev–Trinajstić information content (AvgIpc) is 3.38. The number of carbonyl (C=O) groups is 2. The number of aliphatic hydroxyl groups excluding tert-OH is 2. The number of aliphatic hydroxyl groups is 2. The van der Waals surface area contributed by atoms with Crippen LogP contribution in [0.5, 0.6) is 11.5 Å². The molecule has 3 rings (SSSR count). The second-order valence-electron chi connectivity index (χ2n) is 6.71. The van der Waals surface area contributed by atoms with E-state index >= 15 is 0 Å². The number of aromatic hydroxyl groups is 1. The number of methoxy groups -OCH3 is 1. The van der Waals surface area contributed by atoms with E-state index in [-0.39, 0.29) is 24.2 Å². The Hall–Kier alpha value is -2.42. The van der Waals surface area contributed by atoms with Crippen molar-refractivity contribution >= 4 is 11.8 Å². The van der Waals surface area contributed by atoms with Crippen molar-refractivity contribution in [2.24, 2.45) is 0 Å². The van der Waals surface area contributed by atoms with Crippen LogP contribution in [0, 0.1) is 0 Å². The Labute approximate surface area is 156 Å². The first-order valence-electron chi connectivity index (χ1n) is 8.65. The van der Waals surface area contributed by atoms with Crippen LogP contribution in [0.3, 0.4) is 0 Å². The highest BCUT2D eigenvalue weighted by molar-refractivity contribution is 5.95. The van der Waals surface area contributed by atoms with Crippen LogP contribution in [0.25, 0.3) is 0 Å². The smallest absolute Gasteiger partial charge is 0.342 e. The van der Waals surface area contributed by atoms with Gasteiger partial charge in [0.2, 0.25) is 0 Å². The molecule has 8 nitrogen and oxygen atoms in total. The van der Waals surface area contributed by atoms with Crippen molar-refractivity contribution in [1.29, 1.82) is 0 Å². The summed E-state index contributed by atoms with van der Waals surface area (Å²) in [4.78, 5) is 24.5. The number of rotatable bonds is 1. The predicted octanol–water partition coefficient (Wildman–Crippen LogP) is 1.03. The van der Waals surface area contributed by atoms with Gasteiger partial charge in [-0.3, -0.25) is 4.79 Å². The van der Waals surface area contributed by atoms with Gasteiger partial charge in [-0.15, -0.1) is 0 Å². The van der Waals surface area contributed by atoms with Crippen molar-refractivity contribution in [3.63, 3.8) is 0 Å². The van der Waals surface area contributed by atoms with Crippen LogP contribution in [0.15, 0.2) is 24.3 Å². The first-order valence-corrected chi connectivity index (χ1v) is 8.65. The topological polar surface area (TPSA) is 126 Å². The summed E-state index contributed by atoms with van der Waals surface area (Å²) in [7, 11) is 1.42. The van der Waals surface area contributed by atoms with Crippen LogP contribution in [-0.4, -0.2) is 58.6 Å². The molecule has 0 saturated carbocycles. The lowest BCUT2D eigenvalue weighted by atomic mass is 9.97. The first kappa shape index (κ1) is 19.3. The number of phenolic OH excluding ortho intramolecular Hbond substituents is 1. The van der Waals surface area contributed by atoms with Gasteiger partial charge in [-0.1, -0.05) is 6.08 Å². The third kappa shape index (κ3) is 4.13. The summed E-state index contributed by atoms with van der Waals surface area (Å²) in [5.74, 6) is -1.31. The molecule has 1 saturated heterocycles. The Balaban J connectivity index is 1.98. The second-order valence-corrected chi connectivity index (χ2v) is 6.71. The average molecular weight is 378 g/mol. The SMILES string of the molecule is COc1cc(O)c2c(c1)[C@@H]1O[C@@H]1C[C@H](O)[C@H](O)C(=O)/C=C/C[C@H](C)OC2=O. The lowest BCUT2D eigenvalue weighted by Gasteiger charge is -2.17. The molecule has 0 bridgehead atoms. The van der Waals surface area contributed by atoms with Crippen molar-refractivity contribution in [2.75, 3.05) is 7.11 Å². The van der Waals surface area contributed by atoms with Crippen LogP contribution >= 0.6 is 0 Å². The maximum absolute atomic E-state index is 12.6. The molecule has 0 aliphatic carbocycles. The molecule has 1 aromatic rings. The minimum atomic E-state index is -1.56. The van der Waals surface area contributed by atoms with E-state index in [2.05, 4.69) is 0 Å². The fourth-order valence-electron chi connectivity index (χ4n) is 3.10. The summed E-state index contributed by atoms with van der Waals surface area (Å²) in [6, 6.07) is 2.87. The number of hydrogen-bond acceptors (Lipinski definition) is 8. The number of ketones is 1. The maximum atomic E-state index is 12.6. The normalized spacial score (nSPS) is 32.5. The van der Waals surface area contributed by atoms with E-state index < -0.39 is 42.3 Å². The van der Waals surface area contributed by atoms with Crippen LogP contribution < -0.4 is 4.74 Å². The molecule has 1 fully saturated rings. The van der Waals surface area contributed by atoms with Gasteiger partial charge in [0.25, 0.3) is 0 Å². The Bertz CT molecular complexity index is 771. The van der Waals surface area contributed by atoms with Gasteiger partial charge in [0.15, 0.2) is 5.78 Å². The molecule has 2 aliphatic heterocycles. The van der Waals surface area contributed by atoms with Gasteiger partial charge in [-0.2, -0.15) is 0 Å². The summed E-state index contributed by atoms with van der Waals surface area (Å²) in [5, 5.41) is 30.4. The van der Waals surface area contributed by atoms with Crippen LogP contribution in [0.2, 0.25) is 0 Å². The minimum Gasteiger partial charge on any atom is -0.507 e. The van der Waals surface area contributed by atoms with Gasteiger partial charge < -0.3 is 29.5 Å². The van der Waals surface area contributed by atoms with Crippen molar-refractivity contribution in [3.05, 3.63) is 35.4 Å². The van der Waals surface area contributed by atoms with Crippen molar-refractivity contribution in [3.8, 4) is 11.5 Å². The van der Waals surface area contributed by atoms with Crippen molar-refractivity contribution in [2.45, 2.75) is 50.3 Å². The molecule has 0 unspecified atom stereocenters. The van der Waals surface area contributed by atoms with Gasteiger partial charge in [0.1, 0.15) is 35.4 Å². The largest absolute Gasteiger partial charge is 0.507 e. The zero-order valence-electron chi connectivity index (χ0n) is 15.0. The summed E-state index contributed by atoms with van der Waals surface area (Å²) in [5.41, 5.74) is 0.344. The number of cyclic esters (lactones) is 1. The van der Waals surface area contributed by atoms with E-state index in [1.807, 2.05) is 0 Å². The molecular formula is C19H22O8. The number of carbonyl (C=O) groups excluding carboxylic acids is 2. The summed E-state index contributed by atoms with van der Waals surface area (Å²) < 4.78 is 16.0. The Kier molecular flexibility index (Phi) is 5.50. The van der Waals surface area contributed by atoms with Crippen LogP contribution in [0.4, 0.5) is 0 Å². The Morgan fingerprint density at radius 3 is 2.67 bits per heavy atom. The number of fused-ring (bicyclic) bond motifs is 3. The third-order valence-corrected chi connectivity index (χ3v) is 4.64. The molecule has 146 valence electrons.